The first kappa shape index (κ1) is 27.1. The first-order valence-corrected chi connectivity index (χ1v) is 13.3. The van der Waals surface area contributed by atoms with Crippen molar-refractivity contribution in [2.24, 2.45) is 5.92 Å². The summed E-state index contributed by atoms with van der Waals surface area (Å²) in [5.41, 5.74) is 1.93. The van der Waals surface area contributed by atoms with Crippen molar-refractivity contribution in [3.8, 4) is 5.69 Å². The molecule has 5 rings (SSSR count). The minimum atomic E-state index is -0.461. The van der Waals surface area contributed by atoms with Crippen molar-refractivity contribution in [3.05, 3.63) is 93.8 Å². The van der Waals surface area contributed by atoms with Crippen LogP contribution in [0, 0.1) is 5.92 Å². The SMILES string of the molecule is CN(C)C(=O)[C@H]1CC[C@H](NC(=O)c2ccc(-n3ccncc3=O)cc2)[C@H](NC(=O)c2ccc3c(Cl)c[nH]c3c2)C1. The standard InChI is InChI=1S/C29H29ClN6O4/c1-35(2)29(40)19-6-10-23(25(14-19)34-28(39)18-5-9-21-22(30)15-32-24(21)13-18)33-27(38)17-3-7-20(8-4-17)36-12-11-31-16-26(36)37/h3-5,7-9,11-13,15-16,19,23,25,32H,6,10,14H2,1-2H3,(H,33,38)(H,34,39)/t19-,23-,25+/m0/s1. The van der Waals surface area contributed by atoms with Gasteiger partial charge in [-0.3, -0.25) is 28.7 Å². The van der Waals surface area contributed by atoms with Crippen molar-refractivity contribution in [2.45, 2.75) is 31.3 Å². The molecule has 3 atom stereocenters. The Bertz CT molecular complexity index is 1630. The summed E-state index contributed by atoms with van der Waals surface area (Å²) in [6, 6.07) is 11.0. The van der Waals surface area contributed by atoms with E-state index in [-0.39, 0.29) is 35.2 Å². The second-order valence-corrected chi connectivity index (χ2v) is 10.5. The molecular formula is C29H29ClN6O4. The van der Waals surface area contributed by atoms with Crippen LogP contribution in [0.4, 0.5) is 0 Å². The van der Waals surface area contributed by atoms with E-state index in [1.807, 2.05) is 0 Å². The highest BCUT2D eigenvalue weighted by Gasteiger charge is 2.36. The Morgan fingerprint density at radius 1 is 1.00 bits per heavy atom. The van der Waals surface area contributed by atoms with E-state index in [1.165, 1.54) is 17.0 Å². The number of halogens is 1. The van der Waals surface area contributed by atoms with Gasteiger partial charge < -0.3 is 20.5 Å². The molecule has 0 aliphatic heterocycles. The fourth-order valence-corrected chi connectivity index (χ4v) is 5.38. The Labute approximate surface area is 235 Å². The Hall–Kier alpha value is -4.44. The van der Waals surface area contributed by atoms with Gasteiger partial charge in [-0.1, -0.05) is 17.7 Å². The van der Waals surface area contributed by atoms with E-state index in [4.69, 9.17) is 11.6 Å². The van der Waals surface area contributed by atoms with Crippen LogP contribution in [-0.2, 0) is 4.79 Å². The highest BCUT2D eigenvalue weighted by atomic mass is 35.5. The van der Waals surface area contributed by atoms with Gasteiger partial charge in [0, 0.05) is 72.4 Å². The summed E-state index contributed by atoms with van der Waals surface area (Å²) < 4.78 is 1.43. The van der Waals surface area contributed by atoms with Crippen molar-refractivity contribution in [1.82, 2.24) is 30.1 Å². The Kier molecular flexibility index (Phi) is 7.70. The number of rotatable bonds is 6. The number of nitrogens with zero attached hydrogens (tertiary/aromatic N) is 3. The van der Waals surface area contributed by atoms with Gasteiger partial charge in [0.15, 0.2) is 0 Å². The van der Waals surface area contributed by atoms with Gasteiger partial charge in [-0.05, 0) is 55.7 Å². The minimum Gasteiger partial charge on any atom is -0.360 e. The number of H-pyrrole nitrogens is 1. The highest BCUT2D eigenvalue weighted by molar-refractivity contribution is 6.35. The van der Waals surface area contributed by atoms with Crippen LogP contribution >= 0.6 is 11.6 Å². The zero-order valence-electron chi connectivity index (χ0n) is 22.1. The average molecular weight is 561 g/mol. The monoisotopic (exact) mass is 560 g/mol. The fraction of sp³-hybridized carbons (Fsp3) is 0.276. The van der Waals surface area contributed by atoms with Crippen LogP contribution < -0.4 is 16.2 Å². The molecule has 0 bridgehead atoms. The number of amides is 3. The van der Waals surface area contributed by atoms with Crippen molar-refractivity contribution in [1.29, 1.82) is 0 Å². The first-order valence-electron chi connectivity index (χ1n) is 12.9. The molecule has 3 N–H and O–H groups in total. The third-order valence-electron chi connectivity index (χ3n) is 7.30. The molecule has 40 heavy (non-hydrogen) atoms. The van der Waals surface area contributed by atoms with E-state index in [0.29, 0.717) is 41.1 Å². The zero-order chi connectivity index (χ0) is 28.4. The van der Waals surface area contributed by atoms with Crippen LogP contribution in [0.2, 0.25) is 5.02 Å². The summed E-state index contributed by atoms with van der Waals surface area (Å²) in [6.45, 7) is 0. The number of nitrogens with one attached hydrogen (secondary N) is 3. The maximum Gasteiger partial charge on any atom is 0.273 e. The van der Waals surface area contributed by atoms with E-state index in [0.717, 1.165) is 10.9 Å². The van der Waals surface area contributed by atoms with E-state index in [9.17, 15) is 19.2 Å². The average Bonchev–Trinajstić information content (AvgIpc) is 3.33. The number of aromatic nitrogens is 3. The molecule has 1 aliphatic rings. The summed E-state index contributed by atoms with van der Waals surface area (Å²) in [7, 11) is 3.43. The van der Waals surface area contributed by atoms with E-state index >= 15 is 0 Å². The van der Waals surface area contributed by atoms with E-state index in [1.54, 1.807) is 73.9 Å². The largest absolute Gasteiger partial charge is 0.360 e. The van der Waals surface area contributed by atoms with Crippen LogP contribution in [0.15, 0.2) is 72.0 Å². The van der Waals surface area contributed by atoms with Crippen molar-refractivity contribution >= 4 is 40.2 Å². The maximum absolute atomic E-state index is 13.3. The molecule has 2 aromatic carbocycles. The molecule has 4 aromatic rings. The van der Waals surface area contributed by atoms with Crippen LogP contribution in [-0.4, -0.2) is 63.3 Å². The van der Waals surface area contributed by atoms with E-state index < -0.39 is 6.04 Å². The number of hydrogen-bond donors (Lipinski definition) is 3. The molecule has 11 heteroatoms. The molecule has 2 heterocycles. The lowest BCUT2D eigenvalue weighted by molar-refractivity contribution is -0.134. The second kappa shape index (κ2) is 11.4. The smallest absolute Gasteiger partial charge is 0.273 e. The number of fused-ring (bicyclic) bond motifs is 1. The predicted octanol–water partition coefficient (Wildman–Crippen LogP) is 3.15. The number of carbonyl (C=O) groups excluding carboxylic acids is 3. The van der Waals surface area contributed by atoms with Gasteiger partial charge in [-0.2, -0.15) is 0 Å². The second-order valence-electron chi connectivity index (χ2n) is 10.1. The molecule has 206 valence electrons. The zero-order valence-corrected chi connectivity index (χ0v) is 22.8. The number of hydrogen-bond acceptors (Lipinski definition) is 5. The molecule has 1 aliphatic carbocycles. The van der Waals surface area contributed by atoms with Crippen LogP contribution in [0.25, 0.3) is 16.6 Å². The summed E-state index contributed by atoms with van der Waals surface area (Å²) in [6.07, 6.45) is 7.47. The maximum atomic E-state index is 13.3. The lowest BCUT2D eigenvalue weighted by Gasteiger charge is -2.37. The molecule has 0 unspecified atom stereocenters. The van der Waals surface area contributed by atoms with E-state index in [2.05, 4.69) is 20.6 Å². The lowest BCUT2D eigenvalue weighted by atomic mass is 9.81. The molecule has 0 radical (unpaired) electrons. The topological polar surface area (TPSA) is 129 Å². The quantitative estimate of drug-likeness (QED) is 0.334. The Morgan fingerprint density at radius 3 is 2.42 bits per heavy atom. The third-order valence-corrected chi connectivity index (χ3v) is 7.61. The van der Waals surface area contributed by atoms with Gasteiger partial charge in [0.2, 0.25) is 5.91 Å². The van der Waals surface area contributed by atoms with Crippen molar-refractivity contribution in [2.75, 3.05) is 14.1 Å². The summed E-state index contributed by atoms with van der Waals surface area (Å²) in [5, 5.41) is 7.50. The predicted molar refractivity (Wildman–Crippen MR) is 152 cm³/mol. The van der Waals surface area contributed by atoms with Gasteiger partial charge in [-0.15, -0.1) is 0 Å². The molecule has 0 spiro atoms. The van der Waals surface area contributed by atoms with Gasteiger partial charge in [0.05, 0.1) is 17.3 Å². The van der Waals surface area contributed by atoms with Gasteiger partial charge >= 0.3 is 0 Å². The van der Waals surface area contributed by atoms with Gasteiger partial charge in [0.25, 0.3) is 17.4 Å². The highest BCUT2D eigenvalue weighted by Crippen LogP contribution is 2.28. The minimum absolute atomic E-state index is 0.00610. The third kappa shape index (κ3) is 5.62. The van der Waals surface area contributed by atoms with Gasteiger partial charge in [0.1, 0.15) is 0 Å². The Morgan fingerprint density at radius 2 is 1.70 bits per heavy atom. The summed E-state index contributed by atoms with van der Waals surface area (Å²) >= 11 is 6.17. The molecule has 10 nitrogen and oxygen atoms in total. The normalized spacial score (nSPS) is 18.7. The number of aromatic amines is 1. The van der Waals surface area contributed by atoms with Crippen LogP contribution in [0.5, 0.6) is 0 Å². The molecule has 1 saturated carbocycles. The van der Waals surface area contributed by atoms with Crippen LogP contribution in [0.1, 0.15) is 40.0 Å². The molecule has 0 saturated heterocycles. The lowest BCUT2D eigenvalue weighted by Crippen LogP contribution is -2.55. The van der Waals surface area contributed by atoms with Crippen molar-refractivity contribution < 1.29 is 14.4 Å². The summed E-state index contributed by atoms with van der Waals surface area (Å²) in [4.78, 5) is 59.7. The van der Waals surface area contributed by atoms with Gasteiger partial charge in [-0.25, -0.2) is 0 Å². The first-order chi connectivity index (χ1) is 19.2. The molecular weight excluding hydrogens is 532 g/mol. The van der Waals surface area contributed by atoms with Crippen LogP contribution in [0.3, 0.4) is 0 Å². The van der Waals surface area contributed by atoms with Crippen molar-refractivity contribution in [3.63, 3.8) is 0 Å². The molecule has 1 fully saturated rings. The number of carbonyl (C=O) groups is 3. The molecule has 2 aromatic heterocycles. The summed E-state index contributed by atoms with van der Waals surface area (Å²) in [5.74, 6) is -0.885. The Balaban J connectivity index is 1.33. The number of benzene rings is 2. The molecule has 3 amide bonds. The fourth-order valence-electron chi connectivity index (χ4n) is 5.16.